The van der Waals surface area contributed by atoms with Crippen molar-refractivity contribution in [1.29, 1.82) is 0 Å². The fraction of sp³-hybridized carbons (Fsp3) is 0.760. The minimum absolute atomic E-state index is 0.0450. The Morgan fingerprint density at radius 3 is 2.77 bits per heavy atom. The first-order valence-corrected chi connectivity index (χ1v) is 13.2. The summed E-state index contributed by atoms with van der Waals surface area (Å²) in [5.74, 6) is 1.35. The number of rotatable bonds is 10. The number of aryl methyl sites for hydroxylation is 1. The third kappa shape index (κ3) is 5.82. The maximum Gasteiger partial charge on any atom is 0.397 e. The van der Waals surface area contributed by atoms with Crippen LogP contribution < -0.4 is 0 Å². The second kappa shape index (κ2) is 9.80. The lowest BCUT2D eigenvalue weighted by molar-refractivity contribution is -0.0587. The van der Waals surface area contributed by atoms with Crippen LogP contribution in [0.1, 0.15) is 84.1 Å². The minimum Gasteiger partial charge on any atom is -0.472 e. The van der Waals surface area contributed by atoms with Crippen LogP contribution in [0.15, 0.2) is 35.2 Å². The number of hydrogen-bond acceptors (Lipinski definition) is 4. The molecule has 0 saturated heterocycles. The summed E-state index contributed by atoms with van der Waals surface area (Å²) in [6.07, 6.45) is 14.1. The fourth-order valence-electron chi connectivity index (χ4n) is 6.43. The van der Waals surface area contributed by atoms with Gasteiger partial charge in [-0.25, -0.2) is 4.18 Å². The third-order valence-corrected chi connectivity index (χ3v) is 9.20. The van der Waals surface area contributed by atoms with Gasteiger partial charge in [0.2, 0.25) is 0 Å². The molecule has 0 bridgehead atoms. The zero-order chi connectivity index (χ0) is 22.7. The Kier molecular flexibility index (Phi) is 7.75. The molecule has 5 nitrogen and oxygen atoms in total. The monoisotopic (exact) mass is 452 g/mol. The Bertz CT molecular complexity index is 830. The van der Waals surface area contributed by atoms with Crippen LogP contribution in [0.5, 0.6) is 0 Å². The van der Waals surface area contributed by atoms with Crippen molar-refractivity contribution in [3.8, 4) is 0 Å². The van der Waals surface area contributed by atoms with Gasteiger partial charge in [0.15, 0.2) is 0 Å². The van der Waals surface area contributed by atoms with Gasteiger partial charge >= 0.3 is 10.4 Å². The molecular weight excluding hydrogens is 412 g/mol. The molecule has 0 radical (unpaired) electrons. The highest BCUT2D eigenvalue weighted by Gasteiger charge is 2.53. The SMILES string of the molecule is C=C1CCC[C@@H]2[C@@](C)(CC[C@H](CCCc3ccoc3)COS(=O)(=O)O)[C@H](C)CC[C@@]12C. The fourth-order valence-corrected chi connectivity index (χ4v) is 6.79. The summed E-state index contributed by atoms with van der Waals surface area (Å²) < 4.78 is 41.4. The zero-order valence-corrected chi connectivity index (χ0v) is 20.3. The van der Waals surface area contributed by atoms with E-state index in [1.807, 2.05) is 6.07 Å². The molecule has 0 aromatic carbocycles. The Morgan fingerprint density at radius 1 is 1.32 bits per heavy atom. The lowest BCUT2D eigenvalue weighted by atomic mass is 9.46. The Labute approximate surface area is 188 Å². The highest BCUT2D eigenvalue weighted by Crippen LogP contribution is 2.62. The van der Waals surface area contributed by atoms with E-state index in [-0.39, 0.29) is 23.4 Å². The largest absolute Gasteiger partial charge is 0.472 e. The Balaban J connectivity index is 1.67. The second-order valence-electron chi connectivity index (χ2n) is 10.6. The molecule has 1 N–H and O–H groups in total. The van der Waals surface area contributed by atoms with Crippen molar-refractivity contribution in [2.75, 3.05) is 6.61 Å². The molecule has 0 aliphatic heterocycles. The normalized spacial score (nSPS) is 32.6. The average molecular weight is 453 g/mol. The van der Waals surface area contributed by atoms with E-state index in [1.165, 1.54) is 31.3 Å². The molecule has 0 unspecified atom stereocenters. The van der Waals surface area contributed by atoms with Gasteiger partial charge in [0.1, 0.15) is 0 Å². The molecule has 2 aliphatic rings. The molecule has 0 spiro atoms. The summed E-state index contributed by atoms with van der Waals surface area (Å²) in [5.41, 5.74) is 3.01. The van der Waals surface area contributed by atoms with Crippen LogP contribution in [0.4, 0.5) is 0 Å². The predicted octanol–water partition coefficient (Wildman–Crippen LogP) is 6.62. The molecule has 1 heterocycles. The quantitative estimate of drug-likeness (QED) is 0.319. The first kappa shape index (κ1) is 24.5. The van der Waals surface area contributed by atoms with Crippen molar-refractivity contribution in [3.05, 3.63) is 36.3 Å². The lowest BCUT2D eigenvalue weighted by Crippen LogP contribution is -2.50. The van der Waals surface area contributed by atoms with Crippen molar-refractivity contribution in [2.24, 2.45) is 28.6 Å². The molecular formula is C25H40O5S. The highest BCUT2D eigenvalue weighted by molar-refractivity contribution is 7.80. The highest BCUT2D eigenvalue weighted by atomic mass is 32.3. The van der Waals surface area contributed by atoms with E-state index in [4.69, 9.17) is 13.2 Å². The van der Waals surface area contributed by atoms with Crippen molar-refractivity contribution < 1.29 is 21.6 Å². The topological polar surface area (TPSA) is 76.7 Å². The predicted molar refractivity (Wildman–Crippen MR) is 123 cm³/mol. The van der Waals surface area contributed by atoms with Crippen LogP contribution in [0.3, 0.4) is 0 Å². The second-order valence-corrected chi connectivity index (χ2v) is 11.6. The zero-order valence-electron chi connectivity index (χ0n) is 19.4. The number of fused-ring (bicyclic) bond motifs is 1. The Morgan fingerprint density at radius 2 is 2.10 bits per heavy atom. The molecule has 2 aliphatic carbocycles. The van der Waals surface area contributed by atoms with Crippen LogP contribution in [0, 0.1) is 28.6 Å². The summed E-state index contributed by atoms with van der Waals surface area (Å²) in [6, 6.07) is 1.96. The third-order valence-electron chi connectivity index (χ3n) is 8.77. The van der Waals surface area contributed by atoms with Crippen molar-refractivity contribution >= 4 is 10.4 Å². The number of allylic oxidation sites excluding steroid dienone is 1. The Hall–Kier alpha value is -1.11. The van der Waals surface area contributed by atoms with Crippen LogP contribution >= 0.6 is 0 Å². The molecule has 6 heteroatoms. The molecule has 3 rings (SSSR count). The van der Waals surface area contributed by atoms with Crippen LogP contribution in [-0.4, -0.2) is 19.6 Å². The van der Waals surface area contributed by atoms with Gasteiger partial charge in [-0.05, 0) is 104 Å². The van der Waals surface area contributed by atoms with E-state index in [1.54, 1.807) is 12.5 Å². The molecule has 31 heavy (non-hydrogen) atoms. The van der Waals surface area contributed by atoms with Gasteiger partial charge in [-0.2, -0.15) is 8.42 Å². The summed E-state index contributed by atoms with van der Waals surface area (Å²) in [7, 11) is -4.42. The van der Waals surface area contributed by atoms with E-state index >= 15 is 0 Å². The molecule has 2 fully saturated rings. The maximum absolute atomic E-state index is 11.2. The standard InChI is InChI=1S/C25H40O5S/c1-19-7-5-10-23-24(19,3)14-11-20(2)25(23,4)15-12-21(18-30-31(26,27)28)8-6-9-22-13-16-29-17-22/h13,16-17,20-21,23H,1,5-12,14-15,18H2,2-4H3,(H,26,27,28)/t20-,21+,23+,24+,25+/m1/s1. The summed E-state index contributed by atoms with van der Waals surface area (Å²) in [4.78, 5) is 0. The van der Waals surface area contributed by atoms with E-state index in [0.29, 0.717) is 11.8 Å². The first-order chi connectivity index (χ1) is 14.5. The van der Waals surface area contributed by atoms with Crippen LogP contribution in [-0.2, 0) is 21.0 Å². The van der Waals surface area contributed by atoms with Gasteiger partial charge in [0.05, 0.1) is 19.1 Å². The van der Waals surface area contributed by atoms with E-state index in [9.17, 15) is 8.42 Å². The number of furan rings is 1. The molecule has 1 aromatic heterocycles. The van der Waals surface area contributed by atoms with Gasteiger partial charge in [0.25, 0.3) is 0 Å². The van der Waals surface area contributed by atoms with E-state index < -0.39 is 10.4 Å². The summed E-state index contributed by atoms with van der Waals surface area (Å²) in [5, 5.41) is 0. The van der Waals surface area contributed by atoms with E-state index in [0.717, 1.165) is 44.1 Å². The summed E-state index contributed by atoms with van der Waals surface area (Å²) >= 11 is 0. The maximum atomic E-state index is 11.2. The molecule has 0 amide bonds. The van der Waals surface area contributed by atoms with Crippen LogP contribution in [0.2, 0.25) is 0 Å². The van der Waals surface area contributed by atoms with Crippen molar-refractivity contribution in [1.82, 2.24) is 0 Å². The van der Waals surface area contributed by atoms with Gasteiger partial charge in [-0.15, -0.1) is 0 Å². The average Bonchev–Trinajstić information content (AvgIpc) is 3.21. The van der Waals surface area contributed by atoms with Gasteiger partial charge in [-0.3, -0.25) is 4.55 Å². The minimum atomic E-state index is -4.42. The van der Waals surface area contributed by atoms with Crippen molar-refractivity contribution in [3.63, 3.8) is 0 Å². The van der Waals surface area contributed by atoms with E-state index in [2.05, 4.69) is 27.4 Å². The van der Waals surface area contributed by atoms with Gasteiger partial charge in [-0.1, -0.05) is 32.9 Å². The lowest BCUT2D eigenvalue weighted by Gasteiger charge is -2.59. The molecule has 1 aromatic rings. The molecule has 176 valence electrons. The molecule has 5 atom stereocenters. The van der Waals surface area contributed by atoms with Crippen LogP contribution in [0.25, 0.3) is 0 Å². The van der Waals surface area contributed by atoms with Gasteiger partial charge in [0, 0.05) is 0 Å². The summed E-state index contributed by atoms with van der Waals surface area (Å²) in [6.45, 7) is 11.8. The van der Waals surface area contributed by atoms with Crippen molar-refractivity contribution in [2.45, 2.75) is 85.0 Å². The smallest absolute Gasteiger partial charge is 0.397 e. The molecule has 2 saturated carbocycles. The van der Waals surface area contributed by atoms with Gasteiger partial charge < -0.3 is 4.42 Å². The number of hydrogen-bond donors (Lipinski definition) is 1. The first-order valence-electron chi connectivity index (χ1n) is 11.9.